The van der Waals surface area contributed by atoms with Crippen LogP contribution in [0.1, 0.15) is 25.3 Å². The van der Waals surface area contributed by atoms with E-state index in [9.17, 15) is 4.79 Å². The monoisotopic (exact) mass is 446 g/mol. The first-order chi connectivity index (χ1) is 13.6. The topological polar surface area (TPSA) is 17.1 Å². The quantitative estimate of drug-likeness (QED) is 0.258. The predicted molar refractivity (Wildman–Crippen MR) is 127 cm³/mol. The van der Waals surface area contributed by atoms with Crippen molar-refractivity contribution < 1.29 is 0 Å². The summed E-state index contributed by atoms with van der Waals surface area (Å²) in [7, 11) is 0. The third-order valence-electron chi connectivity index (χ3n) is 5.45. The Bertz CT molecular complexity index is 1430. The van der Waals surface area contributed by atoms with E-state index < -0.39 is 0 Å². The first kappa shape index (κ1) is 17.8. The molecule has 4 aromatic carbocycles. The van der Waals surface area contributed by atoms with Crippen LogP contribution in [-0.4, -0.2) is 0 Å². The summed E-state index contributed by atoms with van der Waals surface area (Å²) in [5.74, 6) is 0. The summed E-state index contributed by atoms with van der Waals surface area (Å²) in [6.45, 7) is 2.20. The molecule has 0 unspecified atom stereocenters. The second-order valence-electron chi connectivity index (χ2n) is 7.37. The van der Waals surface area contributed by atoms with E-state index in [-0.39, 0.29) is 5.43 Å². The Morgan fingerprint density at radius 3 is 2.46 bits per heavy atom. The van der Waals surface area contributed by atoms with E-state index in [0.717, 1.165) is 49.3 Å². The summed E-state index contributed by atoms with van der Waals surface area (Å²) < 4.78 is 3.21. The molecule has 5 rings (SSSR count). The minimum atomic E-state index is 0.149. The average molecular weight is 447 g/mol. The number of halogens is 1. The summed E-state index contributed by atoms with van der Waals surface area (Å²) in [4.78, 5) is 13.3. The van der Waals surface area contributed by atoms with Gasteiger partial charge in [0.1, 0.15) is 0 Å². The Labute approximate surface area is 175 Å². The number of fused-ring (bicyclic) bond motifs is 4. The molecule has 0 bridgehead atoms. The van der Waals surface area contributed by atoms with Crippen molar-refractivity contribution in [2.24, 2.45) is 0 Å². The number of unbranched alkanes of at least 4 members (excludes halogenated alkanes) is 1. The largest absolute Gasteiger partial charge is 0.289 e. The summed E-state index contributed by atoms with van der Waals surface area (Å²) in [5, 5.41) is 6.34. The highest BCUT2D eigenvalue weighted by Gasteiger charge is 2.10. The Morgan fingerprint density at radius 2 is 1.61 bits per heavy atom. The lowest BCUT2D eigenvalue weighted by Crippen LogP contribution is -2.02. The molecule has 1 heterocycles. The number of aryl methyl sites for hydroxylation is 1. The van der Waals surface area contributed by atoms with Crippen molar-refractivity contribution in [1.29, 1.82) is 0 Å². The molecule has 0 radical (unpaired) electrons. The maximum atomic E-state index is 13.3. The number of benzene rings is 4. The molecule has 28 heavy (non-hydrogen) atoms. The highest BCUT2D eigenvalue weighted by atomic mass is 79.9. The average Bonchev–Trinajstić information content (AvgIpc) is 2.71. The van der Waals surface area contributed by atoms with Gasteiger partial charge in [0.2, 0.25) is 0 Å². The van der Waals surface area contributed by atoms with Gasteiger partial charge >= 0.3 is 0 Å². The normalized spacial score (nSPS) is 11.8. The molecule has 0 amide bonds. The standard InChI is InChI=1S/C25H19BrOS/c1-2-3-5-15-8-9-23-20(10-15)25(27)21-13-18-12-19-16(6-4-7-22(19)26)11-17(18)14-24(21)28-23/h4,6-14H,2-3,5H2,1H3. The lowest BCUT2D eigenvalue weighted by atomic mass is 10.0. The molecule has 0 aliphatic rings. The van der Waals surface area contributed by atoms with Crippen molar-refractivity contribution >= 4 is 69.0 Å². The van der Waals surface area contributed by atoms with Crippen molar-refractivity contribution in [1.82, 2.24) is 0 Å². The van der Waals surface area contributed by atoms with E-state index in [1.807, 2.05) is 0 Å². The molecule has 0 N–H and O–H groups in total. The highest BCUT2D eigenvalue weighted by Crippen LogP contribution is 2.33. The molecule has 3 heteroatoms. The van der Waals surface area contributed by atoms with Gasteiger partial charge in [-0.15, -0.1) is 11.3 Å². The Balaban J connectivity index is 1.80. The third kappa shape index (κ3) is 2.94. The summed E-state index contributed by atoms with van der Waals surface area (Å²) in [5.41, 5.74) is 1.41. The molecular formula is C25H19BrOS. The van der Waals surface area contributed by atoms with Gasteiger partial charge in [-0.1, -0.05) is 47.5 Å². The van der Waals surface area contributed by atoms with Gasteiger partial charge in [-0.2, -0.15) is 0 Å². The van der Waals surface area contributed by atoms with Gasteiger partial charge in [0.25, 0.3) is 0 Å². The van der Waals surface area contributed by atoms with Crippen LogP contribution in [-0.2, 0) is 6.42 Å². The van der Waals surface area contributed by atoms with Crippen LogP contribution in [0.15, 0.2) is 69.9 Å². The molecule has 0 aliphatic heterocycles. The van der Waals surface area contributed by atoms with Gasteiger partial charge in [0.15, 0.2) is 5.43 Å². The Morgan fingerprint density at radius 1 is 0.821 bits per heavy atom. The molecule has 0 fully saturated rings. The van der Waals surface area contributed by atoms with Crippen molar-refractivity contribution in [2.45, 2.75) is 26.2 Å². The zero-order valence-electron chi connectivity index (χ0n) is 15.6. The van der Waals surface area contributed by atoms with Crippen LogP contribution in [0, 0.1) is 0 Å². The molecule has 0 aliphatic carbocycles. The van der Waals surface area contributed by atoms with Gasteiger partial charge in [-0.05, 0) is 82.4 Å². The smallest absolute Gasteiger partial charge is 0.195 e. The fourth-order valence-corrected chi connectivity index (χ4v) is 5.50. The molecule has 0 saturated heterocycles. The minimum absolute atomic E-state index is 0.149. The molecular weight excluding hydrogens is 428 g/mol. The van der Waals surface area contributed by atoms with Crippen molar-refractivity contribution in [3.8, 4) is 0 Å². The van der Waals surface area contributed by atoms with Crippen molar-refractivity contribution in [3.05, 3.63) is 80.9 Å². The molecule has 1 nitrogen and oxygen atoms in total. The van der Waals surface area contributed by atoms with E-state index in [4.69, 9.17) is 0 Å². The van der Waals surface area contributed by atoms with E-state index in [2.05, 4.69) is 83.5 Å². The van der Waals surface area contributed by atoms with Crippen LogP contribution in [0.2, 0.25) is 0 Å². The Kier molecular flexibility index (Phi) is 4.45. The van der Waals surface area contributed by atoms with Crippen molar-refractivity contribution in [2.75, 3.05) is 0 Å². The fourth-order valence-electron chi connectivity index (χ4n) is 3.92. The second-order valence-corrected chi connectivity index (χ2v) is 9.31. The predicted octanol–water partition coefficient (Wildman–Crippen LogP) is 7.83. The fraction of sp³-hybridized carbons (Fsp3) is 0.160. The van der Waals surface area contributed by atoms with Crippen molar-refractivity contribution in [3.63, 3.8) is 0 Å². The molecule has 5 aromatic rings. The minimum Gasteiger partial charge on any atom is -0.289 e. The van der Waals surface area contributed by atoms with E-state index in [1.54, 1.807) is 11.3 Å². The molecule has 1 aromatic heterocycles. The SMILES string of the molecule is CCCCc1ccc2sc3cc4cc5cccc(Br)c5cc4cc3c(=O)c2c1. The van der Waals surface area contributed by atoms with Gasteiger partial charge in [0, 0.05) is 24.6 Å². The lowest BCUT2D eigenvalue weighted by Gasteiger charge is -2.08. The lowest BCUT2D eigenvalue weighted by molar-refractivity contribution is 0.796. The summed E-state index contributed by atoms with van der Waals surface area (Å²) in [6, 6.07) is 21.3. The molecule has 138 valence electrons. The van der Waals surface area contributed by atoms with Crippen LogP contribution < -0.4 is 5.43 Å². The van der Waals surface area contributed by atoms with Gasteiger partial charge in [-0.3, -0.25) is 4.79 Å². The second kappa shape index (κ2) is 6.98. The van der Waals surface area contributed by atoms with Gasteiger partial charge in [0.05, 0.1) is 0 Å². The van der Waals surface area contributed by atoms with E-state index in [0.29, 0.717) is 0 Å². The summed E-state index contributed by atoms with van der Waals surface area (Å²) >= 11 is 5.36. The van der Waals surface area contributed by atoms with Crippen LogP contribution in [0.3, 0.4) is 0 Å². The zero-order valence-corrected chi connectivity index (χ0v) is 18.0. The van der Waals surface area contributed by atoms with Crippen LogP contribution >= 0.6 is 27.3 Å². The highest BCUT2D eigenvalue weighted by molar-refractivity contribution is 9.10. The van der Waals surface area contributed by atoms with E-state index in [1.165, 1.54) is 21.7 Å². The molecule has 0 saturated carbocycles. The third-order valence-corrected chi connectivity index (χ3v) is 7.28. The maximum absolute atomic E-state index is 13.3. The molecule has 0 spiro atoms. The summed E-state index contributed by atoms with van der Waals surface area (Å²) in [6.07, 6.45) is 3.35. The van der Waals surface area contributed by atoms with Crippen LogP contribution in [0.5, 0.6) is 0 Å². The van der Waals surface area contributed by atoms with E-state index >= 15 is 0 Å². The molecule has 0 atom stereocenters. The first-order valence-corrected chi connectivity index (χ1v) is 11.3. The van der Waals surface area contributed by atoms with Gasteiger partial charge < -0.3 is 0 Å². The zero-order chi connectivity index (χ0) is 19.3. The Hall–Kier alpha value is -2.23. The van der Waals surface area contributed by atoms with Gasteiger partial charge in [-0.25, -0.2) is 0 Å². The number of hydrogen-bond acceptors (Lipinski definition) is 2. The number of hydrogen-bond donors (Lipinski definition) is 0. The first-order valence-electron chi connectivity index (χ1n) is 9.65. The number of rotatable bonds is 3. The maximum Gasteiger partial charge on any atom is 0.195 e. The van der Waals surface area contributed by atoms with Crippen LogP contribution in [0.25, 0.3) is 41.7 Å². The van der Waals surface area contributed by atoms with Crippen LogP contribution in [0.4, 0.5) is 0 Å².